The number of benzene rings is 1. The molecule has 5 heteroatoms. The zero-order chi connectivity index (χ0) is 12.3. The SMILES string of the molecule is CN(C)c1cc(F)ccc1CC(=O)C(=O)O. The van der Waals surface area contributed by atoms with Crippen molar-refractivity contribution in [3.05, 3.63) is 29.6 Å². The molecule has 1 aromatic rings. The third kappa shape index (κ3) is 2.79. The Balaban J connectivity index is 3.04. The Morgan fingerprint density at radius 1 is 1.38 bits per heavy atom. The zero-order valence-corrected chi connectivity index (χ0v) is 9.03. The molecule has 0 amide bonds. The van der Waals surface area contributed by atoms with E-state index in [2.05, 4.69) is 0 Å². The molecule has 0 atom stereocenters. The lowest BCUT2D eigenvalue weighted by atomic mass is 10.1. The van der Waals surface area contributed by atoms with Gasteiger partial charge in [-0.2, -0.15) is 0 Å². The van der Waals surface area contributed by atoms with Crippen LogP contribution in [0.5, 0.6) is 0 Å². The monoisotopic (exact) mass is 225 g/mol. The number of ketones is 1. The maximum Gasteiger partial charge on any atom is 0.372 e. The fraction of sp³-hybridized carbons (Fsp3) is 0.273. The van der Waals surface area contributed by atoms with Gasteiger partial charge in [-0.1, -0.05) is 6.07 Å². The molecule has 1 aromatic carbocycles. The Morgan fingerprint density at radius 2 is 2.00 bits per heavy atom. The Hall–Kier alpha value is -1.91. The Kier molecular flexibility index (Phi) is 3.60. The molecule has 16 heavy (non-hydrogen) atoms. The lowest BCUT2D eigenvalue weighted by Crippen LogP contribution is -2.18. The first-order valence-electron chi connectivity index (χ1n) is 4.63. The summed E-state index contributed by atoms with van der Waals surface area (Å²) in [5.41, 5.74) is 1.01. The summed E-state index contributed by atoms with van der Waals surface area (Å²) in [4.78, 5) is 23.1. The van der Waals surface area contributed by atoms with Crippen LogP contribution < -0.4 is 4.90 Å². The van der Waals surface area contributed by atoms with Crippen LogP contribution in [-0.4, -0.2) is 31.0 Å². The Labute approximate surface area is 92.3 Å². The van der Waals surface area contributed by atoms with Crippen LogP contribution >= 0.6 is 0 Å². The minimum absolute atomic E-state index is 0.233. The molecule has 1 rings (SSSR count). The fourth-order valence-corrected chi connectivity index (χ4v) is 1.35. The van der Waals surface area contributed by atoms with Gasteiger partial charge in [0.15, 0.2) is 0 Å². The van der Waals surface area contributed by atoms with Gasteiger partial charge in [0.1, 0.15) is 5.82 Å². The first-order chi connectivity index (χ1) is 7.41. The number of carbonyl (C=O) groups excluding carboxylic acids is 1. The van der Waals surface area contributed by atoms with E-state index in [0.29, 0.717) is 11.3 Å². The molecule has 0 spiro atoms. The van der Waals surface area contributed by atoms with Crippen LogP contribution in [0.25, 0.3) is 0 Å². The van der Waals surface area contributed by atoms with Gasteiger partial charge in [0, 0.05) is 26.2 Å². The van der Waals surface area contributed by atoms with Crippen molar-refractivity contribution in [1.29, 1.82) is 0 Å². The molecular weight excluding hydrogens is 213 g/mol. The summed E-state index contributed by atoms with van der Waals surface area (Å²) in [6.07, 6.45) is -0.233. The molecular formula is C11H12FNO3. The molecule has 0 radical (unpaired) electrons. The van der Waals surface area contributed by atoms with Crippen molar-refractivity contribution in [3.63, 3.8) is 0 Å². The molecule has 1 N–H and O–H groups in total. The van der Waals surface area contributed by atoms with Gasteiger partial charge in [-0.25, -0.2) is 9.18 Å². The maximum absolute atomic E-state index is 13.0. The predicted molar refractivity (Wildman–Crippen MR) is 57.1 cm³/mol. The highest BCUT2D eigenvalue weighted by molar-refractivity contribution is 6.33. The fourth-order valence-electron chi connectivity index (χ4n) is 1.35. The van der Waals surface area contributed by atoms with E-state index < -0.39 is 17.6 Å². The van der Waals surface area contributed by atoms with Crippen LogP contribution in [0, 0.1) is 5.82 Å². The largest absolute Gasteiger partial charge is 0.475 e. The van der Waals surface area contributed by atoms with Gasteiger partial charge < -0.3 is 10.0 Å². The van der Waals surface area contributed by atoms with Crippen LogP contribution in [0.1, 0.15) is 5.56 Å². The number of carbonyl (C=O) groups is 2. The third-order valence-electron chi connectivity index (χ3n) is 2.12. The summed E-state index contributed by atoms with van der Waals surface area (Å²) in [7, 11) is 3.40. The molecule has 0 fully saturated rings. The molecule has 0 aromatic heterocycles. The number of hydrogen-bond acceptors (Lipinski definition) is 3. The van der Waals surface area contributed by atoms with Gasteiger partial charge in [-0.3, -0.25) is 4.79 Å². The molecule has 0 unspecified atom stereocenters. The van der Waals surface area contributed by atoms with Gasteiger partial charge in [-0.05, 0) is 17.7 Å². The van der Waals surface area contributed by atoms with E-state index in [1.807, 2.05) is 0 Å². The topological polar surface area (TPSA) is 57.6 Å². The number of carboxylic acids is 1. The van der Waals surface area contributed by atoms with E-state index in [-0.39, 0.29) is 6.42 Å². The van der Waals surface area contributed by atoms with Gasteiger partial charge in [0.05, 0.1) is 0 Å². The van der Waals surface area contributed by atoms with Gasteiger partial charge in [0.25, 0.3) is 0 Å². The lowest BCUT2D eigenvalue weighted by Gasteiger charge is -2.16. The van der Waals surface area contributed by atoms with Crippen LogP contribution in [0.15, 0.2) is 18.2 Å². The highest BCUT2D eigenvalue weighted by atomic mass is 19.1. The minimum Gasteiger partial charge on any atom is -0.475 e. The van der Waals surface area contributed by atoms with E-state index in [9.17, 15) is 14.0 Å². The molecule has 0 bridgehead atoms. The van der Waals surface area contributed by atoms with Crippen molar-refractivity contribution >= 4 is 17.4 Å². The van der Waals surface area contributed by atoms with Crippen LogP contribution in [0.2, 0.25) is 0 Å². The van der Waals surface area contributed by atoms with Crippen molar-refractivity contribution in [2.24, 2.45) is 0 Å². The standard InChI is InChI=1S/C11H12FNO3/c1-13(2)9-6-8(12)4-3-7(9)5-10(14)11(15)16/h3-4,6H,5H2,1-2H3,(H,15,16). The minimum atomic E-state index is -1.48. The van der Waals surface area contributed by atoms with Crippen LogP contribution in [0.4, 0.5) is 10.1 Å². The second-order valence-corrected chi connectivity index (χ2v) is 3.57. The molecule has 0 heterocycles. The smallest absolute Gasteiger partial charge is 0.372 e. The van der Waals surface area contributed by atoms with E-state index in [0.717, 1.165) is 0 Å². The molecule has 4 nitrogen and oxygen atoms in total. The van der Waals surface area contributed by atoms with Crippen molar-refractivity contribution < 1.29 is 19.1 Å². The number of rotatable bonds is 4. The molecule has 86 valence electrons. The van der Waals surface area contributed by atoms with Crippen molar-refractivity contribution in [3.8, 4) is 0 Å². The van der Waals surface area contributed by atoms with E-state index >= 15 is 0 Å². The summed E-state index contributed by atoms with van der Waals surface area (Å²) >= 11 is 0. The molecule has 0 aliphatic heterocycles. The number of halogens is 1. The van der Waals surface area contributed by atoms with Crippen LogP contribution in [-0.2, 0) is 16.0 Å². The zero-order valence-electron chi connectivity index (χ0n) is 9.03. The number of anilines is 1. The van der Waals surface area contributed by atoms with Crippen molar-refractivity contribution in [2.75, 3.05) is 19.0 Å². The third-order valence-corrected chi connectivity index (χ3v) is 2.12. The number of hydrogen-bond donors (Lipinski definition) is 1. The highest BCUT2D eigenvalue weighted by Gasteiger charge is 2.15. The first-order valence-corrected chi connectivity index (χ1v) is 4.63. The first kappa shape index (κ1) is 12.2. The number of aliphatic carboxylic acids is 1. The highest BCUT2D eigenvalue weighted by Crippen LogP contribution is 2.20. The molecule has 0 aliphatic rings. The number of nitrogens with zero attached hydrogens (tertiary/aromatic N) is 1. The van der Waals surface area contributed by atoms with E-state index in [1.165, 1.54) is 18.2 Å². The number of carboxylic acid groups (broad SMARTS) is 1. The lowest BCUT2D eigenvalue weighted by molar-refractivity contribution is -0.148. The van der Waals surface area contributed by atoms with Crippen molar-refractivity contribution in [2.45, 2.75) is 6.42 Å². The summed E-state index contributed by atoms with van der Waals surface area (Å²) in [5.74, 6) is -2.81. The molecule has 0 saturated carbocycles. The van der Waals surface area contributed by atoms with Gasteiger partial charge in [0.2, 0.25) is 5.78 Å². The van der Waals surface area contributed by atoms with Crippen LogP contribution in [0.3, 0.4) is 0 Å². The number of Topliss-reactive ketones (excluding diaryl/α,β-unsaturated/α-hetero) is 1. The quantitative estimate of drug-likeness (QED) is 0.779. The average Bonchev–Trinajstić information content (AvgIpc) is 2.20. The molecule has 0 saturated heterocycles. The van der Waals surface area contributed by atoms with Gasteiger partial charge >= 0.3 is 5.97 Å². The van der Waals surface area contributed by atoms with Crippen molar-refractivity contribution in [1.82, 2.24) is 0 Å². The Morgan fingerprint density at radius 3 is 2.50 bits per heavy atom. The van der Waals surface area contributed by atoms with Gasteiger partial charge in [-0.15, -0.1) is 0 Å². The normalized spacial score (nSPS) is 9.94. The maximum atomic E-state index is 13.0. The summed E-state index contributed by atoms with van der Waals surface area (Å²) in [5, 5.41) is 8.49. The predicted octanol–water partition coefficient (Wildman–Crippen LogP) is 1.09. The van der Waals surface area contributed by atoms with E-state index in [1.54, 1.807) is 19.0 Å². The molecule has 0 aliphatic carbocycles. The van der Waals surface area contributed by atoms with E-state index in [4.69, 9.17) is 5.11 Å². The Bertz CT molecular complexity index is 429. The summed E-state index contributed by atoms with van der Waals surface area (Å²) < 4.78 is 13.0. The average molecular weight is 225 g/mol. The summed E-state index contributed by atoms with van der Waals surface area (Å²) in [6, 6.07) is 3.90. The second kappa shape index (κ2) is 4.74. The second-order valence-electron chi connectivity index (χ2n) is 3.57. The summed E-state index contributed by atoms with van der Waals surface area (Å²) in [6.45, 7) is 0.